The van der Waals surface area contributed by atoms with E-state index < -0.39 is 6.23 Å². The number of furan rings is 1. The Bertz CT molecular complexity index is 1080. The highest BCUT2D eigenvalue weighted by Gasteiger charge is 2.41. The molecule has 2 unspecified atom stereocenters. The minimum atomic E-state index is -0.391. The van der Waals surface area contributed by atoms with Gasteiger partial charge in [-0.1, -0.05) is 11.6 Å². The zero-order chi connectivity index (χ0) is 20.0. The third-order valence-electron chi connectivity index (χ3n) is 5.13. The van der Waals surface area contributed by atoms with Crippen LogP contribution in [0.1, 0.15) is 29.2 Å². The molecule has 7 heteroatoms. The Balaban J connectivity index is 1.59. The zero-order valence-electron chi connectivity index (χ0n) is 15.9. The van der Waals surface area contributed by atoms with Gasteiger partial charge in [0.1, 0.15) is 5.75 Å². The number of rotatable bonds is 4. The van der Waals surface area contributed by atoms with Crippen molar-refractivity contribution < 1.29 is 18.6 Å². The Morgan fingerprint density at radius 3 is 2.66 bits per heavy atom. The maximum atomic E-state index is 6.37. The van der Waals surface area contributed by atoms with E-state index in [0.717, 1.165) is 28.3 Å². The van der Waals surface area contributed by atoms with E-state index in [2.05, 4.69) is 11.5 Å². The first kappa shape index (κ1) is 18.0. The molecule has 0 saturated heterocycles. The van der Waals surface area contributed by atoms with Crippen LogP contribution in [0, 0.1) is 0 Å². The third-order valence-corrected chi connectivity index (χ3v) is 5.37. The lowest BCUT2D eigenvalue weighted by molar-refractivity contribution is -0.0329. The van der Waals surface area contributed by atoms with Crippen molar-refractivity contribution >= 4 is 17.3 Å². The van der Waals surface area contributed by atoms with Crippen molar-refractivity contribution in [1.82, 2.24) is 10.4 Å². The summed E-state index contributed by atoms with van der Waals surface area (Å²) in [6, 6.07) is 15.2. The van der Waals surface area contributed by atoms with Crippen molar-refractivity contribution in [3.05, 3.63) is 82.8 Å². The predicted octanol–water partition coefficient (Wildman–Crippen LogP) is 4.94. The lowest BCUT2D eigenvalue weighted by Gasteiger charge is -2.39. The van der Waals surface area contributed by atoms with Crippen molar-refractivity contribution in [3.8, 4) is 17.2 Å². The van der Waals surface area contributed by atoms with Crippen LogP contribution >= 0.6 is 11.6 Å². The molecule has 3 heterocycles. The molecule has 0 radical (unpaired) electrons. The van der Waals surface area contributed by atoms with Gasteiger partial charge in [-0.25, -0.2) is 0 Å². The Hall–Kier alpha value is -3.09. The smallest absolute Gasteiger partial charge is 0.196 e. The highest BCUT2D eigenvalue weighted by Crippen LogP contribution is 2.47. The number of nitrogens with one attached hydrogen (secondary N) is 1. The van der Waals surface area contributed by atoms with Gasteiger partial charge in [0.15, 0.2) is 23.5 Å². The summed E-state index contributed by atoms with van der Waals surface area (Å²) in [5.74, 6) is 2.85. The highest BCUT2D eigenvalue weighted by molar-refractivity contribution is 6.30. The molecule has 2 aliphatic heterocycles. The third kappa shape index (κ3) is 3.01. The monoisotopic (exact) mass is 410 g/mol. The molecule has 2 aromatic carbocycles. The molecule has 2 aliphatic rings. The van der Waals surface area contributed by atoms with Gasteiger partial charge in [-0.2, -0.15) is 5.01 Å². The second-order valence-electron chi connectivity index (χ2n) is 6.79. The summed E-state index contributed by atoms with van der Waals surface area (Å²) in [6.07, 6.45) is 3.38. The fraction of sp³-hybridized carbons (Fsp3) is 0.182. The summed E-state index contributed by atoms with van der Waals surface area (Å²) >= 11 is 6.27. The van der Waals surface area contributed by atoms with Gasteiger partial charge in [0.25, 0.3) is 0 Å². The molecule has 3 aromatic rings. The van der Waals surface area contributed by atoms with Crippen molar-refractivity contribution in [2.75, 3.05) is 14.2 Å². The first-order valence-electron chi connectivity index (χ1n) is 9.16. The molecule has 0 saturated carbocycles. The maximum absolute atomic E-state index is 6.37. The van der Waals surface area contributed by atoms with Crippen LogP contribution in [0.2, 0.25) is 5.02 Å². The Morgan fingerprint density at radius 2 is 1.90 bits per heavy atom. The van der Waals surface area contributed by atoms with Crippen LogP contribution < -0.4 is 19.6 Å². The maximum Gasteiger partial charge on any atom is 0.196 e. The van der Waals surface area contributed by atoms with E-state index in [1.807, 2.05) is 53.5 Å². The normalized spacial score (nSPS) is 20.2. The van der Waals surface area contributed by atoms with Crippen molar-refractivity contribution in [2.24, 2.45) is 0 Å². The molecule has 1 N–H and O–H groups in total. The summed E-state index contributed by atoms with van der Waals surface area (Å²) in [6.45, 7) is 0. The van der Waals surface area contributed by atoms with E-state index in [9.17, 15) is 0 Å². The van der Waals surface area contributed by atoms with Crippen molar-refractivity contribution in [2.45, 2.75) is 12.3 Å². The van der Waals surface area contributed by atoms with Crippen LogP contribution in [0.4, 0.5) is 0 Å². The van der Waals surface area contributed by atoms with E-state index in [4.69, 9.17) is 30.2 Å². The number of ether oxygens (including phenoxy) is 3. The summed E-state index contributed by atoms with van der Waals surface area (Å²) in [7, 11) is 3.24. The topological polar surface area (TPSA) is 56.1 Å². The number of fused-ring (bicyclic) bond motifs is 3. The summed E-state index contributed by atoms with van der Waals surface area (Å²) in [5, 5.41) is 2.70. The molecule has 2 atom stereocenters. The van der Waals surface area contributed by atoms with Crippen LogP contribution in [0.3, 0.4) is 0 Å². The van der Waals surface area contributed by atoms with Crippen LogP contribution in [-0.4, -0.2) is 19.2 Å². The second-order valence-corrected chi connectivity index (χ2v) is 7.22. The number of halogens is 1. The van der Waals surface area contributed by atoms with Crippen LogP contribution in [0.5, 0.6) is 17.2 Å². The Labute approximate surface area is 173 Å². The van der Waals surface area contributed by atoms with Crippen LogP contribution in [0.25, 0.3) is 5.70 Å². The van der Waals surface area contributed by atoms with Crippen molar-refractivity contribution in [3.63, 3.8) is 0 Å². The minimum Gasteiger partial charge on any atom is -0.493 e. The number of benzene rings is 2. The highest BCUT2D eigenvalue weighted by atomic mass is 35.5. The van der Waals surface area contributed by atoms with Gasteiger partial charge in [0.2, 0.25) is 0 Å². The minimum absolute atomic E-state index is 0.0735. The molecule has 0 amide bonds. The lowest BCUT2D eigenvalue weighted by atomic mass is 10.0. The molecule has 0 fully saturated rings. The zero-order valence-corrected chi connectivity index (χ0v) is 16.6. The van der Waals surface area contributed by atoms with Gasteiger partial charge < -0.3 is 24.1 Å². The Kier molecular flexibility index (Phi) is 4.38. The SMILES string of the molecule is COc1ccc(C2Oc3ccc(Cl)cc3C3C=C(c4ccco4)NN32)cc1OC. The first-order chi connectivity index (χ1) is 14.2. The number of nitrogens with zero attached hydrogens (tertiary/aromatic N) is 1. The standard InChI is InChI=1S/C22H19ClN2O4/c1-26-20-7-5-13(10-21(20)27-2)22-25-17(12-16(24-25)19-4-3-9-28-19)15-11-14(23)6-8-18(15)29-22/h3-12,17,22,24H,1-2H3. The van der Waals surface area contributed by atoms with E-state index in [1.54, 1.807) is 20.5 Å². The summed E-state index contributed by atoms with van der Waals surface area (Å²) in [5.41, 5.74) is 6.22. The average molecular weight is 411 g/mol. The average Bonchev–Trinajstić information content (AvgIpc) is 3.42. The van der Waals surface area contributed by atoms with E-state index >= 15 is 0 Å². The molecule has 5 rings (SSSR count). The van der Waals surface area contributed by atoms with Gasteiger partial charge in [-0.3, -0.25) is 0 Å². The van der Waals surface area contributed by atoms with Crippen molar-refractivity contribution in [1.29, 1.82) is 0 Å². The summed E-state index contributed by atoms with van der Waals surface area (Å²) in [4.78, 5) is 0. The molecule has 0 spiro atoms. The van der Waals surface area contributed by atoms with Crippen LogP contribution in [0.15, 0.2) is 65.3 Å². The van der Waals surface area contributed by atoms with Gasteiger partial charge in [-0.15, -0.1) is 0 Å². The fourth-order valence-corrected chi connectivity index (χ4v) is 3.95. The Morgan fingerprint density at radius 1 is 1.03 bits per heavy atom. The first-order valence-corrected chi connectivity index (χ1v) is 9.54. The van der Waals surface area contributed by atoms with Gasteiger partial charge in [-0.05, 0) is 54.6 Å². The quantitative estimate of drug-likeness (QED) is 0.657. The predicted molar refractivity (Wildman–Crippen MR) is 109 cm³/mol. The number of hydrazine groups is 1. The number of hydrogen-bond donors (Lipinski definition) is 1. The van der Waals surface area contributed by atoms with E-state index in [-0.39, 0.29) is 6.04 Å². The second kappa shape index (κ2) is 7.06. The molecule has 148 valence electrons. The van der Waals surface area contributed by atoms with Gasteiger partial charge >= 0.3 is 0 Å². The van der Waals surface area contributed by atoms with E-state index in [1.165, 1.54) is 0 Å². The summed E-state index contributed by atoms with van der Waals surface area (Å²) < 4.78 is 22.8. The lowest BCUT2D eigenvalue weighted by Crippen LogP contribution is -2.43. The molecule has 0 aliphatic carbocycles. The number of methoxy groups -OCH3 is 2. The van der Waals surface area contributed by atoms with Crippen LogP contribution in [-0.2, 0) is 0 Å². The van der Waals surface area contributed by atoms with Gasteiger partial charge in [0.05, 0.1) is 32.2 Å². The molecular formula is C22H19ClN2O4. The largest absolute Gasteiger partial charge is 0.493 e. The molecule has 6 nitrogen and oxygen atoms in total. The molecule has 0 bridgehead atoms. The molecule has 29 heavy (non-hydrogen) atoms. The molecular weight excluding hydrogens is 392 g/mol. The number of hydrogen-bond acceptors (Lipinski definition) is 6. The fourth-order valence-electron chi connectivity index (χ4n) is 3.77. The van der Waals surface area contributed by atoms with E-state index in [0.29, 0.717) is 16.5 Å². The molecule has 1 aromatic heterocycles. The van der Waals surface area contributed by atoms with Gasteiger partial charge in [0, 0.05) is 16.1 Å².